The molecule has 0 unspecified atom stereocenters. The number of hydrogen-bond donors (Lipinski definition) is 1. The molecule has 0 saturated carbocycles. The molecule has 2 aromatic rings. The van der Waals surface area contributed by atoms with Crippen molar-refractivity contribution in [3.05, 3.63) is 59.4 Å². The van der Waals surface area contributed by atoms with Gasteiger partial charge in [0.1, 0.15) is 5.82 Å². The summed E-state index contributed by atoms with van der Waals surface area (Å²) in [5, 5.41) is 2.72. The highest BCUT2D eigenvalue weighted by Crippen LogP contribution is 2.28. The smallest absolute Gasteiger partial charge is 0.258 e. The van der Waals surface area contributed by atoms with Crippen LogP contribution in [0.1, 0.15) is 41.0 Å². The first-order valence-corrected chi connectivity index (χ1v) is 12.4. The molecule has 2 aliphatic heterocycles. The third-order valence-electron chi connectivity index (χ3n) is 6.46. The van der Waals surface area contributed by atoms with Gasteiger partial charge < -0.3 is 24.8 Å². The first kappa shape index (κ1) is 25.6. The van der Waals surface area contributed by atoms with Crippen LogP contribution in [0.5, 0.6) is 0 Å². The summed E-state index contributed by atoms with van der Waals surface area (Å²) in [6.07, 6.45) is 0.525. The van der Waals surface area contributed by atoms with Gasteiger partial charge in [-0.05, 0) is 36.2 Å². The van der Waals surface area contributed by atoms with Gasteiger partial charge >= 0.3 is 0 Å². The van der Waals surface area contributed by atoms with E-state index in [1.807, 2.05) is 24.8 Å². The Labute approximate surface area is 211 Å². The Morgan fingerprint density at radius 3 is 2.28 bits per heavy atom. The largest absolute Gasteiger partial charge is 0.378 e. The van der Waals surface area contributed by atoms with Gasteiger partial charge in [-0.2, -0.15) is 0 Å². The van der Waals surface area contributed by atoms with Crippen molar-refractivity contribution in [2.75, 3.05) is 62.7 Å². The fourth-order valence-corrected chi connectivity index (χ4v) is 4.52. The molecule has 3 amide bonds. The highest BCUT2D eigenvalue weighted by atomic mass is 19.1. The number of piperazine rings is 1. The van der Waals surface area contributed by atoms with E-state index < -0.39 is 11.7 Å². The molecule has 9 heteroatoms. The number of nitrogens with zero attached hydrogens (tertiary/aromatic N) is 3. The van der Waals surface area contributed by atoms with E-state index in [1.54, 1.807) is 23.1 Å². The zero-order valence-electron chi connectivity index (χ0n) is 20.8. The Balaban J connectivity index is 1.56. The fourth-order valence-electron chi connectivity index (χ4n) is 4.52. The van der Waals surface area contributed by atoms with Crippen LogP contribution in [-0.2, 0) is 9.53 Å². The van der Waals surface area contributed by atoms with Crippen molar-refractivity contribution in [2.24, 2.45) is 5.92 Å². The van der Waals surface area contributed by atoms with E-state index in [9.17, 15) is 18.8 Å². The van der Waals surface area contributed by atoms with Crippen LogP contribution >= 0.6 is 0 Å². The quantitative estimate of drug-likeness (QED) is 0.664. The molecule has 0 atom stereocenters. The number of carbonyl (C=O) groups is 3. The topological polar surface area (TPSA) is 82.2 Å². The molecule has 0 aromatic heterocycles. The van der Waals surface area contributed by atoms with Gasteiger partial charge in [0, 0.05) is 57.1 Å². The summed E-state index contributed by atoms with van der Waals surface area (Å²) in [4.78, 5) is 44.4. The van der Waals surface area contributed by atoms with E-state index in [1.165, 1.54) is 18.2 Å². The molecule has 36 heavy (non-hydrogen) atoms. The van der Waals surface area contributed by atoms with Crippen molar-refractivity contribution in [2.45, 2.75) is 20.3 Å². The van der Waals surface area contributed by atoms with Crippen LogP contribution in [0.25, 0.3) is 0 Å². The fraction of sp³-hybridized carbons (Fsp3) is 0.444. The number of ether oxygens (including phenoxy) is 1. The highest BCUT2D eigenvalue weighted by Gasteiger charge is 2.27. The molecule has 4 rings (SSSR count). The number of amides is 3. The maximum absolute atomic E-state index is 14.1. The molecule has 2 fully saturated rings. The molecule has 0 radical (unpaired) electrons. The first-order valence-electron chi connectivity index (χ1n) is 12.4. The second kappa shape index (κ2) is 11.5. The number of halogens is 1. The monoisotopic (exact) mass is 496 g/mol. The van der Waals surface area contributed by atoms with Crippen molar-refractivity contribution in [3.8, 4) is 0 Å². The Morgan fingerprint density at radius 1 is 0.917 bits per heavy atom. The van der Waals surface area contributed by atoms with Gasteiger partial charge in [0.05, 0.1) is 24.3 Å². The van der Waals surface area contributed by atoms with E-state index in [0.29, 0.717) is 76.1 Å². The maximum atomic E-state index is 14.1. The van der Waals surface area contributed by atoms with Crippen molar-refractivity contribution in [1.82, 2.24) is 9.80 Å². The lowest BCUT2D eigenvalue weighted by Crippen LogP contribution is -2.49. The predicted octanol–water partition coefficient (Wildman–Crippen LogP) is 3.25. The molecular weight excluding hydrogens is 463 g/mol. The van der Waals surface area contributed by atoms with Crippen LogP contribution in [0.4, 0.5) is 15.8 Å². The van der Waals surface area contributed by atoms with Crippen molar-refractivity contribution < 1.29 is 23.5 Å². The van der Waals surface area contributed by atoms with E-state index in [2.05, 4.69) is 10.2 Å². The van der Waals surface area contributed by atoms with Crippen molar-refractivity contribution >= 4 is 29.1 Å². The van der Waals surface area contributed by atoms with Gasteiger partial charge in [0.25, 0.3) is 11.8 Å². The summed E-state index contributed by atoms with van der Waals surface area (Å²) in [5.74, 6) is -0.876. The van der Waals surface area contributed by atoms with Gasteiger partial charge in [-0.25, -0.2) is 4.39 Å². The van der Waals surface area contributed by atoms with E-state index >= 15 is 0 Å². The molecule has 2 aromatic carbocycles. The highest BCUT2D eigenvalue weighted by molar-refractivity contribution is 6.06. The van der Waals surface area contributed by atoms with Gasteiger partial charge in [0.15, 0.2) is 0 Å². The van der Waals surface area contributed by atoms with Crippen molar-refractivity contribution in [1.29, 1.82) is 0 Å². The van der Waals surface area contributed by atoms with Gasteiger partial charge in [-0.1, -0.05) is 26.0 Å². The Morgan fingerprint density at radius 2 is 1.61 bits per heavy atom. The number of anilines is 2. The SMILES string of the molecule is CC(C)CC(=O)N1CCN(c2ccc(NC(=O)c3ccccc3F)cc2C(=O)N2CCOCC2)CC1. The summed E-state index contributed by atoms with van der Waals surface area (Å²) in [7, 11) is 0. The van der Waals surface area contributed by atoms with Crippen LogP contribution < -0.4 is 10.2 Å². The zero-order chi connectivity index (χ0) is 25.7. The number of benzene rings is 2. The van der Waals surface area contributed by atoms with Gasteiger partial charge in [-0.3, -0.25) is 14.4 Å². The molecule has 0 spiro atoms. The number of carbonyl (C=O) groups excluding carboxylic acids is 3. The molecule has 1 N–H and O–H groups in total. The third-order valence-corrected chi connectivity index (χ3v) is 6.46. The summed E-state index contributed by atoms with van der Waals surface area (Å²) >= 11 is 0. The van der Waals surface area contributed by atoms with Crippen LogP contribution in [-0.4, -0.2) is 80.0 Å². The molecule has 8 nitrogen and oxygen atoms in total. The van der Waals surface area contributed by atoms with Crippen LogP contribution in [0.15, 0.2) is 42.5 Å². The molecule has 2 aliphatic rings. The minimum Gasteiger partial charge on any atom is -0.378 e. The van der Waals surface area contributed by atoms with Crippen LogP contribution in [0.2, 0.25) is 0 Å². The van der Waals surface area contributed by atoms with Crippen molar-refractivity contribution in [3.63, 3.8) is 0 Å². The average molecular weight is 497 g/mol. The average Bonchev–Trinajstić information content (AvgIpc) is 2.88. The normalized spacial score (nSPS) is 16.3. The lowest BCUT2D eigenvalue weighted by molar-refractivity contribution is -0.132. The minimum absolute atomic E-state index is 0.0650. The molecular formula is C27H33FN4O4. The van der Waals surface area contributed by atoms with Gasteiger partial charge in [0.2, 0.25) is 5.91 Å². The lowest BCUT2D eigenvalue weighted by Gasteiger charge is -2.38. The standard InChI is InChI=1S/C27H33FN4O4/c1-19(2)17-25(33)31-11-9-30(10-12-31)24-8-7-20(29-26(34)21-5-3-4-6-23(21)28)18-22(24)27(35)32-13-15-36-16-14-32/h3-8,18-19H,9-17H2,1-2H3,(H,29,34). The van der Waals surface area contributed by atoms with E-state index in [0.717, 1.165) is 5.69 Å². The first-order chi connectivity index (χ1) is 17.3. The van der Waals surface area contributed by atoms with E-state index in [4.69, 9.17) is 4.74 Å². The second-order valence-electron chi connectivity index (χ2n) is 9.54. The Hall–Kier alpha value is -3.46. The molecule has 2 heterocycles. The van der Waals surface area contributed by atoms with Crippen LogP contribution in [0.3, 0.4) is 0 Å². The number of morpholine rings is 1. The van der Waals surface area contributed by atoms with Crippen LogP contribution in [0, 0.1) is 11.7 Å². The summed E-state index contributed by atoms with van der Waals surface area (Å²) < 4.78 is 19.5. The molecule has 0 aliphatic carbocycles. The van der Waals surface area contributed by atoms with E-state index in [-0.39, 0.29) is 17.4 Å². The summed E-state index contributed by atoms with van der Waals surface area (Å²) in [5.41, 5.74) is 1.57. The number of hydrogen-bond acceptors (Lipinski definition) is 5. The summed E-state index contributed by atoms with van der Waals surface area (Å²) in [6.45, 7) is 8.37. The summed E-state index contributed by atoms with van der Waals surface area (Å²) in [6, 6.07) is 11.0. The number of rotatable bonds is 6. The zero-order valence-corrected chi connectivity index (χ0v) is 20.8. The lowest BCUT2D eigenvalue weighted by atomic mass is 10.1. The molecule has 2 saturated heterocycles. The van der Waals surface area contributed by atoms with Gasteiger partial charge in [-0.15, -0.1) is 0 Å². The predicted molar refractivity (Wildman–Crippen MR) is 136 cm³/mol. The third kappa shape index (κ3) is 6.02. The minimum atomic E-state index is -0.610. The number of nitrogens with one attached hydrogen (secondary N) is 1. The maximum Gasteiger partial charge on any atom is 0.258 e. The molecule has 0 bridgehead atoms. The molecule has 192 valence electrons. The Bertz CT molecular complexity index is 1110. The Kier molecular flexibility index (Phi) is 8.20. The second-order valence-corrected chi connectivity index (χ2v) is 9.54.